The van der Waals surface area contributed by atoms with Crippen molar-refractivity contribution in [3.05, 3.63) is 22.4 Å². The first-order valence-corrected chi connectivity index (χ1v) is 6.58. The van der Waals surface area contributed by atoms with Gasteiger partial charge in [-0.15, -0.1) is 0 Å². The molecule has 0 bridgehead atoms. The normalized spacial score (nSPS) is 10.2. The standard InChI is InChI=1S/C12H17BrN2O3/c1-3-15-8-9(13)7-10(15)12(17)14-6-4-5-11(16)18-2/h7-8H,3-6H2,1-2H3,(H,14,17). The van der Waals surface area contributed by atoms with Crippen molar-refractivity contribution in [2.45, 2.75) is 26.3 Å². The highest BCUT2D eigenvalue weighted by Crippen LogP contribution is 2.14. The average molecular weight is 317 g/mol. The molecule has 0 aliphatic carbocycles. The fourth-order valence-electron chi connectivity index (χ4n) is 1.55. The number of esters is 1. The van der Waals surface area contributed by atoms with E-state index in [1.54, 1.807) is 6.07 Å². The van der Waals surface area contributed by atoms with E-state index in [4.69, 9.17) is 0 Å². The number of hydrogen-bond donors (Lipinski definition) is 1. The summed E-state index contributed by atoms with van der Waals surface area (Å²) in [6, 6.07) is 1.78. The highest BCUT2D eigenvalue weighted by atomic mass is 79.9. The van der Waals surface area contributed by atoms with E-state index in [1.807, 2.05) is 17.7 Å². The number of ether oxygens (including phenoxy) is 1. The first kappa shape index (κ1) is 14.8. The molecule has 100 valence electrons. The van der Waals surface area contributed by atoms with Crippen LogP contribution in [-0.4, -0.2) is 30.1 Å². The van der Waals surface area contributed by atoms with Crippen molar-refractivity contribution in [2.75, 3.05) is 13.7 Å². The molecule has 0 aromatic carbocycles. The van der Waals surface area contributed by atoms with Crippen molar-refractivity contribution in [3.8, 4) is 0 Å². The van der Waals surface area contributed by atoms with Crippen LogP contribution in [0.4, 0.5) is 0 Å². The number of carbonyl (C=O) groups excluding carboxylic acids is 2. The summed E-state index contributed by atoms with van der Waals surface area (Å²) in [7, 11) is 1.35. The van der Waals surface area contributed by atoms with Crippen LogP contribution in [0.1, 0.15) is 30.3 Å². The molecule has 0 atom stereocenters. The molecule has 1 heterocycles. The Balaban J connectivity index is 2.43. The predicted molar refractivity (Wildman–Crippen MR) is 71.4 cm³/mol. The molecule has 5 nitrogen and oxygen atoms in total. The van der Waals surface area contributed by atoms with Gasteiger partial charge in [0.25, 0.3) is 5.91 Å². The summed E-state index contributed by atoms with van der Waals surface area (Å²) in [6.07, 6.45) is 2.76. The number of nitrogens with one attached hydrogen (secondary N) is 1. The lowest BCUT2D eigenvalue weighted by Crippen LogP contribution is -2.27. The summed E-state index contributed by atoms with van der Waals surface area (Å²) in [5.41, 5.74) is 0.613. The number of amides is 1. The molecule has 1 aromatic rings. The summed E-state index contributed by atoms with van der Waals surface area (Å²) >= 11 is 3.34. The van der Waals surface area contributed by atoms with Crippen LogP contribution in [0.5, 0.6) is 0 Å². The van der Waals surface area contributed by atoms with Gasteiger partial charge in [-0.1, -0.05) is 0 Å². The van der Waals surface area contributed by atoms with Crippen LogP contribution >= 0.6 is 15.9 Å². The van der Waals surface area contributed by atoms with Crippen LogP contribution in [0.3, 0.4) is 0 Å². The molecular weight excluding hydrogens is 300 g/mol. The Labute approximate surface area is 115 Å². The van der Waals surface area contributed by atoms with E-state index < -0.39 is 0 Å². The van der Waals surface area contributed by atoms with Gasteiger partial charge >= 0.3 is 5.97 Å². The predicted octanol–water partition coefficient (Wildman–Crippen LogP) is 1.95. The Hall–Kier alpha value is -1.30. The van der Waals surface area contributed by atoms with E-state index in [0.717, 1.165) is 11.0 Å². The van der Waals surface area contributed by atoms with Crippen molar-refractivity contribution in [1.82, 2.24) is 9.88 Å². The van der Waals surface area contributed by atoms with Gasteiger partial charge < -0.3 is 14.6 Å². The maximum atomic E-state index is 11.9. The Bertz CT molecular complexity index is 429. The summed E-state index contributed by atoms with van der Waals surface area (Å²) in [5, 5.41) is 2.78. The summed E-state index contributed by atoms with van der Waals surface area (Å²) < 4.78 is 7.26. The minimum atomic E-state index is -0.260. The molecule has 18 heavy (non-hydrogen) atoms. The maximum Gasteiger partial charge on any atom is 0.305 e. The molecule has 0 saturated heterocycles. The van der Waals surface area contributed by atoms with Gasteiger partial charge in [0.05, 0.1) is 7.11 Å². The van der Waals surface area contributed by atoms with Crippen molar-refractivity contribution in [3.63, 3.8) is 0 Å². The molecule has 1 amide bonds. The Morgan fingerprint density at radius 3 is 2.83 bits per heavy atom. The Morgan fingerprint density at radius 2 is 2.22 bits per heavy atom. The number of aromatic nitrogens is 1. The number of methoxy groups -OCH3 is 1. The van der Waals surface area contributed by atoms with Crippen LogP contribution in [0.25, 0.3) is 0 Å². The minimum absolute atomic E-state index is 0.132. The second kappa shape index (κ2) is 7.20. The maximum absolute atomic E-state index is 11.9. The van der Waals surface area contributed by atoms with Gasteiger partial charge in [-0.3, -0.25) is 9.59 Å². The van der Waals surface area contributed by atoms with E-state index >= 15 is 0 Å². The third-order valence-corrected chi connectivity index (χ3v) is 2.94. The van der Waals surface area contributed by atoms with Gasteiger partial charge in [-0.2, -0.15) is 0 Å². The number of aryl methyl sites for hydroxylation is 1. The molecular formula is C12H17BrN2O3. The number of halogens is 1. The quantitative estimate of drug-likeness (QED) is 0.644. The second-order valence-corrected chi connectivity index (χ2v) is 4.68. The van der Waals surface area contributed by atoms with E-state index in [2.05, 4.69) is 26.0 Å². The molecule has 1 aromatic heterocycles. The molecule has 0 saturated carbocycles. The number of carbonyl (C=O) groups is 2. The minimum Gasteiger partial charge on any atom is -0.469 e. The molecule has 1 rings (SSSR count). The van der Waals surface area contributed by atoms with Crippen LogP contribution < -0.4 is 5.32 Å². The summed E-state index contributed by atoms with van der Waals surface area (Å²) in [6.45, 7) is 3.16. The molecule has 6 heteroatoms. The SMILES string of the molecule is CCn1cc(Br)cc1C(=O)NCCCC(=O)OC. The first-order chi connectivity index (χ1) is 8.58. The molecule has 0 aliphatic heterocycles. The van der Waals surface area contributed by atoms with Gasteiger partial charge in [0, 0.05) is 30.2 Å². The van der Waals surface area contributed by atoms with Gasteiger partial charge in [-0.25, -0.2) is 0 Å². The van der Waals surface area contributed by atoms with Crippen LogP contribution in [0.2, 0.25) is 0 Å². The Morgan fingerprint density at radius 1 is 1.50 bits per heavy atom. The second-order valence-electron chi connectivity index (χ2n) is 3.77. The zero-order valence-electron chi connectivity index (χ0n) is 10.5. The third kappa shape index (κ3) is 4.18. The van der Waals surface area contributed by atoms with Crippen LogP contribution in [-0.2, 0) is 16.1 Å². The van der Waals surface area contributed by atoms with Gasteiger partial charge in [0.15, 0.2) is 0 Å². The number of nitrogens with zero attached hydrogens (tertiary/aromatic N) is 1. The van der Waals surface area contributed by atoms with Gasteiger partial charge in [0.2, 0.25) is 0 Å². The molecule has 0 spiro atoms. The number of hydrogen-bond acceptors (Lipinski definition) is 3. The monoisotopic (exact) mass is 316 g/mol. The average Bonchev–Trinajstić information content (AvgIpc) is 2.75. The van der Waals surface area contributed by atoms with Crippen molar-refractivity contribution >= 4 is 27.8 Å². The van der Waals surface area contributed by atoms with Crippen molar-refractivity contribution in [1.29, 1.82) is 0 Å². The fraction of sp³-hybridized carbons (Fsp3) is 0.500. The first-order valence-electron chi connectivity index (χ1n) is 5.79. The summed E-state index contributed by atoms with van der Waals surface area (Å²) in [5.74, 6) is -0.392. The van der Waals surface area contributed by atoms with Crippen LogP contribution in [0, 0.1) is 0 Å². The van der Waals surface area contributed by atoms with E-state index in [-0.39, 0.29) is 11.9 Å². The highest BCUT2D eigenvalue weighted by molar-refractivity contribution is 9.10. The third-order valence-electron chi connectivity index (χ3n) is 2.51. The van der Waals surface area contributed by atoms with E-state index in [9.17, 15) is 9.59 Å². The van der Waals surface area contributed by atoms with Crippen molar-refractivity contribution in [2.24, 2.45) is 0 Å². The zero-order valence-corrected chi connectivity index (χ0v) is 12.1. The summed E-state index contributed by atoms with van der Waals surface area (Å²) in [4.78, 5) is 22.8. The van der Waals surface area contributed by atoms with E-state index in [0.29, 0.717) is 25.1 Å². The molecule has 0 fully saturated rings. The van der Waals surface area contributed by atoms with Crippen LogP contribution in [0.15, 0.2) is 16.7 Å². The number of rotatable bonds is 6. The lowest BCUT2D eigenvalue weighted by molar-refractivity contribution is -0.140. The lowest BCUT2D eigenvalue weighted by atomic mass is 10.3. The Kier molecular flexibility index (Phi) is 5.91. The van der Waals surface area contributed by atoms with E-state index in [1.165, 1.54) is 7.11 Å². The zero-order chi connectivity index (χ0) is 13.5. The smallest absolute Gasteiger partial charge is 0.305 e. The van der Waals surface area contributed by atoms with Gasteiger partial charge in [-0.05, 0) is 35.3 Å². The molecule has 0 aliphatic rings. The van der Waals surface area contributed by atoms with Gasteiger partial charge in [0.1, 0.15) is 5.69 Å². The lowest BCUT2D eigenvalue weighted by Gasteiger charge is -2.07. The fourth-order valence-corrected chi connectivity index (χ4v) is 2.02. The van der Waals surface area contributed by atoms with Crippen molar-refractivity contribution < 1.29 is 14.3 Å². The topological polar surface area (TPSA) is 60.3 Å². The molecule has 0 radical (unpaired) electrons. The molecule has 0 unspecified atom stereocenters. The highest BCUT2D eigenvalue weighted by Gasteiger charge is 2.11. The largest absolute Gasteiger partial charge is 0.469 e. The molecule has 1 N–H and O–H groups in total.